The Kier molecular flexibility index (Phi) is 4.89. The first-order valence-corrected chi connectivity index (χ1v) is 10.6. The number of nitrogens with zero attached hydrogens (tertiary/aromatic N) is 4. The second-order valence-corrected chi connectivity index (χ2v) is 8.21. The van der Waals surface area contributed by atoms with Crippen LogP contribution in [0.5, 0.6) is 0 Å². The molecule has 0 bridgehead atoms. The number of rotatable bonds is 5. The van der Waals surface area contributed by atoms with Crippen molar-refractivity contribution in [2.75, 3.05) is 31.1 Å². The van der Waals surface area contributed by atoms with Crippen LogP contribution in [0.2, 0.25) is 0 Å². The smallest absolute Gasteiger partial charge is 0.203 e. The maximum absolute atomic E-state index is 14.4. The van der Waals surface area contributed by atoms with E-state index in [0.717, 1.165) is 45.7 Å². The lowest BCUT2D eigenvalue weighted by Crippen LogP contribution is -3.14. The van der Waals surface area contributed by atoms with Crippen LogP contribution in [0.3, 0.4) is 0 Å². The number of aromatic amines is 1. The molecule has 3 aromatic rings. The van der Waals surface area contributed by atoms with Gasteiger partial charge in [0, 0.05) is 23.9 Å². The summed E-state index contributed by atoms with van der Waals surface area (Å²) in [4.78, 5) is 6.93. The van der Waals surface area contributed by atoms with Crippen molar-refractivity contribution in [2.45, 2.75) is 25.6 Å². The van der Waals surface area contributed by atoms with Crippen LogP contribution < -0.4 is 14.8 Å². The van der Waals surface area contributed by atoms with Crippen LogP contribution in [0, 0.1) is 10.6 Å². The quantitative estimate of drug-likeness (QED) is 0.650. The third-order valence-electron chi connectivity index (χ3n) is 5.81. The van der Waals surface area contributed by atoms with Crippen molar-refractivity contribution in [3.05, 3.63) is 59.4 Å². The first-order chi connectivity index (χ1) is 14.2. The third-order valence-corrected chi connectivity index (χ3v) is 6.21. The number of hydrogen-bond acceptors (Lipinski definition) is 3. The number of anilines is 1. The van der Waals surface area contributed by atoms with Crippen molar-refractivity contribution in [2.24, 2.45) is 0 Å². The molecule has 1 saturated carbocycles. The molecule has 0 spiro atoms. The van der Waals surface area contributed by atoms with Gasteiger partial charge in [-0.25, -0.2) is 9.37 Å². The molecule has 5 rings (SSSR count). The Hall–Kier alpha value is -2.58. The Morgan fingerprint density at radius 2 is 1.83 bits per heavy atom. The number of benzene rings is 1. The number of quaternary nitrogens is 1. The predicted molar refractivity (Wildman–Crippen MR) is 111 cm³/mol. The van der Waals surface area contributed by atoms with Crippen LogP contribution in [-0.4, -0.2) is 40.5 Å². The van der Waals surface area contributed by atoms with Crippen LogP contribution in [0.15, 0.2) is 48.8 Å². The van der Waals surface area contributed by atoms with E-state index in [1.54, 1.807) is 12.1 Å². The molecule has 2 N–H and O–H groups in total. The van der Waals surface area contributed by atoms with Crippen molar-refractivity contribution in [1.29, 1.82) is 0 Å². The summed E-state index contributed by atoms with van der Waals surface area (Å²) >= 11 is 5.75. The van der Waals surface area contributed by atoms with E-state index < -0.39 is 0 Å². The van der Waals surface area contributed by atoms with Crippen molar-refractivity contribution in [1.82, 2.24) is 14.3 Å². The monoisotopic (exact) mass is 412 g/mol. The highest BCUT2D eigenvalue weighted by molar-refractivity contribution is 7.71. The van der Waals surface area contributed by atoms with Gasteiger partial charge in [-0.1, -0.05) is 12.1 Å². The highest BCUT2D eigenvalue weighted by Crippen LogP contribution is 2.38. The molecule has 3 heterocycles. The van der Waals surface area contributed by atoms with E-state index in [-0.39, 0.29) is 5.82 Å². The van der Waals surface area contributed by atoms with Gasteiger partial charge in [-0.15, -0.1) is 5.10 Å². The molecule has 29 heavy (non-hydrogen) atoms. The van der Waals surface area contributed by atoms with Crippen molar-refractivity contribution in [3.63, 3.8) is 0 Å². The summed E-state index contributed by atoms with van der Waals surface area (Å²) in [5, 5.41) is 4.77. The van der Waals surface area contributed by atoms with Crippen LogP contribution in [0.25, 0.3) is 11.4 Å². The van der Waals surface area contributed by atoms with E-state index in [9.17, 15) is 4.39 Å². The number of hydrogen-bond donors (Lipinski definition) is 1. The van der Waals surface area contributed by atoms with Gasteiger partial charge in [0.15, 0.2) is 24.9 Å². The molecule has 0 radical (unpaired) electrons. The lowest BCUT2D eigenvalue weighted by atomic mass is 10.2. The Balaban J connectivity index is 1.35. The summed E-state index contributed by atoms with van der Waals surface area (Å²) in [6.07, 6.45) is 6.09. The van der Waals surface area contributed by atoms with Gasteiger partial charge in [-0.05, 0) is 37.2 Å². The Morgan fingerprint density at radius 3 is 2.52 bits per heavy atom. The summed E-state index contributed by atoms with van der Waals surface area (Å²) in [7, 11) is 0. The number of H-pyrrole nitrogens is 1. The molecule has 0 unspecified atom stereocenters. The highest BCUT2D eigenvalue weighted by atomic mass is 32.1. The zero-order chi connectivity index (χ0) is 19.8. The molecule has 1 aromatic carbocycles. The normalized spacial score (nSPS) is 17.6. The maximum atomic E-state index is 14.4. The van der Waals surface area contributed by atoms with E-state index in [1.807, 2.05) is 23.1 Å². The summed E-state index contributed by atoms with van der Waals surface area (Å²) in [6.45, 7) is 4.75. The molecule has 2 fully saturated rings. The Labute approximate surface area is 174 Å². The first kappa shape index (κ1) is 18.4. The largest absolute Gasteiger partial charge is 0.360 e. The van der Waals surface area contributed by atoms with Gasteiger partial charge in [0.1, 0.15) is 5.82 Å². The lowest BCUT2D eigenvalue weighted by Gasteiger charge is -2.33. The standard InChI is InChI=1S/C21H23FN6S/c22-19-4-2-1-3-18(19)20-24-27(21(29)28(20)17-5-6-17)15-25-11-13-26(14-12-25)16-7-9-23-10-8-16/h1-4,7-10,17H,5-6,11-15H2/p+2. The highest BCUT2D eigenvalue weighted by Gasteiger charge is 2.31. The SMILES string of the molecule is Fc1ccccc1-c1nn(C[NH+]2CCN(c3cc[nH+]cc3)CC2)c(=S)n1C1CC1. The summed E-state index contributed by atoms with van der Waals surface area (Å²) in [5.41, 5.74) is 1.78. The fraction of sp³-hybridized carbons (Fsp3) is 0.381. The molecule has 1 aliphatic carbocycles. The molecule has 1 saturated heterocycles. The van der Waals surface area contributed by atoms with Crippen LogP contribution in [0.4, 0.5) is 10.1 Å². The summed E-state index contributed by atoms with van der Waals surface area (Å²) < 4.78 is 19.1. The van der Waals surface area contributed by atoms with E-state index in [2.05, 4.69) is 26.6 Å². The molecule has 150 valence electrons. The zero-order valence-electron chi connectivity index (χ0n) is 16.2. The third kappa shape index (κ3) is 3.70. The van der Waals surface area contributed by atoms with E-state index in [1.165, 1.54) is 16.7 Å². The fourth-order valence-corrected chi connectivity index (χ4v) is 4.39. The number of piperazine rings is 1. The molecule has 0 amide bonds. The molecule has 2 aromatic heterocycles. The number of aromatic nitrogens is 4. The Bertz CT molecular complexity index is 1050. The predicted octanol–water partition coefficient (Wildman–Crippen LogP) is 1.73. The van der Waals surface area contributed by atoms with Crippen LogP contribution in [-0.2, 0) is 6.67 Å². The zero-order valence-corrected chi connectivity index (χ0v) is 17.0. The molecular formula is C21H25FN6S+2. The van der Waals surface area contributed by atoms with Gasteiger partial charge in [0.25, 0.3) is 0 Å². The van der Waals surface area contributed by atoms with Crippen molar-refractivity contribution >= 4 is 17.9 Å². The molecule has 1 aliphatic heterocycles. The average Bonchev–Trinajstić information content (AvgIpc) is 3.54. The molecular weight excluding hydrogens is 387 g/mol. The van der Waals surface area contributed by atoms with Crippen molar-refractivity contribution in [3.8, 4) is 11.4 Å². The topological polar surface area (TPSA) is 44.6 Å². The summed E-state index contributed by atoms with van der Waals surface area (Å²) in [6, 6.07) is 11.4. The Morgan fingerprint density at radius 1 is 1.10 bits per heavy atom. The first-order valence-electron chi connectivity index (χ1n) is 10.2. The number of pyridine rings is 1. The lowest BCUT2D eigenvalue weighted by molar-refractivity contribution is -0.924. The molecule has 2 aliphatic rings. The van der Waals surface area contributed by atoms with Gasteiger partial charge in [-0.3, -0.25) is 4.57 Å². The van der Waals surface area contributed by atoms with E-state index in [4.69, 9.17) is 17.3 Å². The van der Waals surface area contributed by atoms with Gasteiger partial charge in [-0.2, -0.15) is 4.68 Å². The maximum Gasteiger partial charge on any atom is 0.203 e. The minimum Gasteiger partial charge on any atom is -0.360 e. The van der Waals surface area contributed by atoms with Gasteiger partial charge >= 0.3 is 0 Å². The van der Waals surface area contributed by atoms with Gasteiger partial charge < -0.3 is 9.80 Å². The molecule has 8 heteroatoms. The van der Waals surface area contributed by atoms with E-state index >= 15 is 0 Å². The minimum absolute atomic E-state index is 0.248. The second kappa shape index (κ2) is 7.68. The average molecular weight is 413 g/mol. The van der Waals surface area contributed by atoms with Crippen molar-refractivity contribution < 1.29 is 14.3 Å². The minimum atomic E-state index is -0.248. The van der Waals surface area contributed by atoms with Crippen LogP contribution >= 0.6 is 12.2 Å². The number of nitrogens with one attached hydrogen (secondary N) is 2. The van der Waals surface area contributed by atoms with E-state index in [0.29, 0.717) is 22.2 Å². The van der Waals surface area contributed by atoms with Crippen LogP contribution in [0.1, 0.15) is 18.9 Å². The fourth-order valence-electron chi connectivity index (χ4n) is 4.05. The number of halogens is 1. The van der Waals surface area contributed by atoms with Gasteiger partial charge in [0.2, 0.25) is 4.77 Å². The molecule has 0 atom stereocenters. The van der Waals surface area contributed by atoms with Gasteiger partial charge in [0.05, 0.1) is 31.7 Å². The second-order valence-electron chi connectivity index (χ2n) is 7.84. The summed E-state index contributed by atoms with van der Waals surface area (Å²) in [5.74, 6) is 0.414. The molecule has 6 nitrogen and oxygen atoms in total.